The van der Waals surface area contributed by atoms with E-state index in [4.69, 9.17) is 23.2 Å². The zero-order valence-electron chi connectivity index (χ0n) is 13.3. The van der Waals surface area contributed by atoms with Crippen LogP contribution >= 0.6 is 23.2 Å². The van der Waals surface area contributed by atoms with E-state index in [9.17, 15) is 9.18 Å². The van der Waals surface area contributed by atoms with Crippen LogP contribution in [0.1, 0.15) is 23.2 Å². The van der Waals surface area contributed by atoms with Crippen LogP contribution in [0.3, 0.4) is 0 Å². The van der Waals surface area contributed by atoms with Gasteiger partial charge < -0.3 is 4.90 Å². The predicted molar refractivity (Wildman–Crippen MR) is 94.1 cm³/mol. The number of carbonyl (C=O) groups is 1. The van der Waals surface area contributed by atoms with Gasteiger partial charge in [0.25, 0.3) is 5.91 Å². The lowest BCUT2D eigenvalue weighted by atomic mass is 10.0. The molecular formula is C17H16Cl2FN3O. The van der Waals surface area contributed by atoms with E-state index in [1.807, 2.05) is 6.92 Å². The molecule has 0 unspecified atom stereocenters. The molecule has 3 rings (SSSR count). The fourth-order valence-corrected chi connectivity index (χ4v) is 3.42. The second-order valence-electron chi connectivity index (χ2n) is 5.70. The molecule has 1 aliphatic heterocycles. The molecule has 0 saturated heterocycles. The SMILES string of the molecule is Cc1nn(C)c(Cl)c1C=CC(=O)N1CCCc2c(Cl)ccc(F)c21. The van der Waals surface area contributed by atoms with Gasteiger partial charge in [-0.3, -0.25) is 9.48 Å². The third kappa shape index (κ3) is 2.94. The summed E-state index contributed by atoms with van der Waals surface area (Å²) in [4.78, 5) is 14.0. The molecule has 1 amide bonds. The fraction of sp³-hybridized carbons (Fsp3) is 0.294. The van der Waals surface area contributed by atoms with Crippen molar-refractivity contribution in [1.82, 2.24) is 9.78 Å². The summed E-state index contributed by atoms with van der Waals surface area (Å²) < 4.78 is 15.8. The number of rotatable bonds is 2. The van der Waals surface area contributed by atoms with Crippen LogP contribution in [-0.2, 0) is 18.3 Å². The first-order chi connectivity index (χ1) is 11.4. The van der Waals surface area contributed by atoms with Gasteiger partial charge in [-0.15, -0.1) is 0 Å². The Kier molecular flexibility index (Phi) is 4.65. The molecule has 0 bridgehead atoms. The molecule has 2 heterocycles. The minimum Gasteiger partial charge on any atom is -0.306 e. The third-order valence-corrected chi connectivity index (χ3v) is 4.91. The third-order valence-electron chi connectivity index (χ3n) is 4.11. The summed E-state index contributed by atoms with van der Waals surface area (Å²) in [5.74, 6) is -0.747. The summed E-state index contributed by atoms with van der Waals surface area (Å²) in [7, 11) is 1.73. The molecule has 24 heavy (non-hydrogen) atoms. The number of aromatic nitrogens is 2. The van der Waals surface area contributed by atoms with Gasteiger partial charge >= 0.3 is 0 Å². The molecule has 2 aromatic rings. The molecule has 4 nitrogen and oxygen atoms in total. The van der Waals surface area contributed by atoms with Gasteiger partial charge in [0.1, 0.15) is 11.0 Å². The molecule has 0 saturated carbocycles. The van der Waals surface area contributed by atoms with Gasteiger partial charge in [-0.05, 0) is 43.5 Å². The van der Waals surface area contributed by atoms with Gasteiger partial charge in [0, 0.05) is 30.3 Å². The Morgan fingerprint density at radius 1 is 1.38 bits per heavy atom. The van der Waals surface area contributed by atoms with Gasteiger partial charge in [-0.25, -0.2) is 4.39 Å². The average Bonchev–Trinajstić information content (AvgIpc) is 2.81. The summed E-state index contributed by atoms with van der Waals surface area (Å²) >= 11 is 12.3. The van der Waals surface area contributed by atoms with E-state index in [0.29, 0.717) is 34.3 Å². The Bertz CT molecular complexity index is 845. The van der Waals surface area contributed by atoms with E-state index in [0.717, 1.165) is 12.1 Å². The van der Waals surface area contributed by atoms with Crippen LogP contribution in [0.4, 0.5) is 10.1 Å². The standard InChI is InChI=1S/C17H16Cl2FN3O/c1-10-11(17(19)22(2)21-10)5-8-15(24)23-9-3-4-12-13(18)6-7-14(20)16(12)23/h5-8H,3-4,9H2,1-2H3. The number of hydrogen-bond acceptors (Lipinski definition) is 2. The van der Waals surface area contributed by atoms with Crippen molar-refractivity contribution in [3.63, 3.8) is 0 Å². The maximum atomic E-state index is 14.2. The number of nitrogens with zero attached hydrogens (tertiary/aromatic N) is 3. The Balaban J connectivity index is 1.93. The van der Waals surface area contributed by atoms with Crippen molar-refractivity contribution in [2.45, 2.75) is 19.8 Å². The summed E-state index contributed by atoms with van der Waals surface area (Å²) in [5, 5.41) is 5.13. The molecule has 0 spiro atoms. The molecule has 0 atom stereocenters. The topological polar surface area (TPSA) is 38.1 Å². The number of halogens is 3. The number of hydrogen-bond donors (Lipinski definition) is 0. The predicted octanol–water partition coefficient (Wildman–Crippen LogP) is 4.17. The van der Waals surface area contributed by atoms with Gasteiger partial charge in [-0.2, -0.15) is 5.10 Å². The monoisotopic (exact) mass is 367 g/mol. The highest BCUT2D eigenvalue weighted by atomic mass is 35.5. The van der Waals surface area contributed by atoms with Crippen molar-refractivity contribution in [2.75, 3.05) is 11.4 Å². The van der Waals surface area contributed by atoms with Gasteiger partial charge in [0.2, 0.25) is 0 Å². The molecule has 1 aromatic heterocycles. The van der Waals surface area contributed by atoms with E-state index in [-0.39, 0.29) is 11.6 Å². The summed E-state index contributed by atoms with van der Waals surface area (Å²) in [6.45, 7) is 2.26. The Hall–Kier alpha value is -1.85. The molecule has 7 heteroatoms. The van der Waals surface area contributed by atoms with Gasteiger partial charge in [-0.1, -0.05) is 23.2 Å². The van der Waals surface area contributed by atoms with E-state index in [1.165, 1.54) is 27.8 Å². The highest BCUT2D eigenvalue weighted by Gasteiger charge is 2.26. The van der Waals surface area contributed by atoms with Crippen molar-refractivity contribution in [3.05, 3.63) is 51.0 Å². The number of carbonyl (C=O) groups excluding carboxylic acids is 1. The molecule has 0 radical (unpaired) electrons. The zero-order valence-corrected chi connectivity index (χ0v) is 14.8. The number of amides is 1. The van der Waals surface area contributed by atoms with Crippen LogP contribution in [-0.4, -0.2) is 22.2 Å². The van der Waals surface area contributed by atoms with Crippen molar-refractivity contribution >= 4 is 40.9 Å². The van der Waals surface area contributed by atoms with Crippen LogP contribution < -0.4 is 4.90 Å². The largest absolute Gasteiger partial charge is 0.306 e. The minimum absolute atomic E-state index is 0.275. The number of fused-ring (bicyclic) bond motifs is 1. The first-order valence-electron chi connectivity index (χ1n) is 7.55. The number of benzene rings is 1. The van der Waals surface area contributed by atoms with E-state index < -0.39 is 5.82 Å². The summed E-state index contributed by atoms with van der Waals surface area (Å²) in [6, 6.07) is 2.82. The van der Waals surface area contributed by atoms with Crippen LogP contribution in [0.25, 0.3) is 6.08 Å². The number of aryl methyl sites for hydroxylation is 2. The lowest BCUT2D eigenvalue weighted by Gasteiger charge is -2.29. The highest BCUT2D eigenvalue weighted by Crippen LogP contribution is 2.35. The van der Waals surface area contributed by atoms with Crippen LogP contribution in [0, 0.1) is 12.7 Å². The molecule has 0 aliphatic carbocycles. The molecule has 0 fully saturated rings. The van der Waals surface area contributed by atoms with E-state index >= 15 is 0 Å². The second kappa shape index (κ2) is 6.57. The van der Waals surface area contributed by atoms with Crippen LogP contribution in [0.15, 0.2) is 18.2 Å². The molecule has 1 aliphatic rings. The maximum Gasteiger partial charge on any atom is 0.251 e. The first-order valence-corrected chi connectivity index (χ1v) is 8.31. The molecule has 0 N–H and O–H groups in total. The first kappa shape index (κ1) is 17.0. The normalized spacial score (nSPS) is 14.3. The molecule has 1 aromatic carbocycles. The van der Waals surface area contributed by atoms with Crippen molar-refractivity contribution in [1.29, 1.82) is 0 Å². The highest BCUT2D eigenvalue weighted by molar-refractivity contribution is 6.32. The van der Waals surface area contributed by atoms with Gasteiger partial charge in [0.05, 0.1) is 11.4 Å². The van der Waals surface area contributed by atoms with Crippen LogP contribution in [0.2, 0.25) is 10.2 Å². The van der Waals surface area contributed by atoms with Gasteiger partial charge in [0.15, 0.2) is 0 Å². The fourth-order valence-electron chi connectivity index (χ4n) is 2.94. The van der Waals surface area contributed by atoms with Crippen molar-refractivity contribution in [2.24, 2.45) is 7.05 Å². The molecular weight excluding hydrogens is 352 g/mol. The summed E-state index contributed by atoms with van der Waals surface area (Å²) in [5.41, 5.74) is 2.36. The lowest BCUT2D eigenvalue weighted by Crippen LogP contribution is -2.35. The lowest BCUT2D eigenvalue weighted by molar-refractivity contribution is -0.114. The number of anilines is 1. The van der Waals surface area contributed by atoms with E-state index in [1.54, 1.807) is 13.1 Å². The van der Waals surface area contributed by atoms with Crippen molar-refractivity contribution < 1.29 is 9.18 Å². The van der Waals surface area contributed by atoms with Crippen LogP contribution in [0.5, 0.6) is 0 Å². The summed E-state index contributed by atoms with van der Waals surface area (Å²) in [6.07, 6.45) is 4.41. The Labute approximate surface area is 149 Å². The Morgan fingerprint density at radius 2 is 2.12 bits per heavy atom. The average molecular weight is 368 g/mol. The van der Waals surface area contributed by atoms with Crippen molar-refractivity contribution in [3.8, 4) is 0 Å². The molecule has 126 valence electrons. The maximum absolute atomic E-state index is 14.2. The quantitative estimate of drug-likeness (QED) is 0.747. The minimum atomic E-state index is -0.438. The second-order valence-corrected chi connectivity index (χ2v) is 6.46. The Morgan fingerprint density at radius 3 is 2.79 bits per heavy atom. The zero-order chi connectivity index (χ0) is 17.4. The van der Waals surface area contributed by atoms with E-state index in [2.05, 4.69) is 5.10 Å². The smallest absolute Gasteiger partial charge is 0.251 e.